The maximum atomic E-state index is 14.1. The summed E-state index contributed by atoms with van der Waals surface area (Å²) in [6.45, 7) is -1.63. The molecule has 2 aromatic rings. The van der Waals surface area contributed by atoms with Crippen LogP contribution in [0.25, 0.3) is 0 Å². The molecule has 10 heteroatoms. The first-order valence-corrected chi connectivity index (χ1v) is 8.87. The number of aryl methyl sites for hydroxylation is 1. The molecular weight excluding hydrogens is 472 g/mol. The summed E-state index contributed by atoms with van der Waals surface area (Å²) in [6.07, 6.45) is 1.24. The van der Waals surface area contributed by atoms with Crippen LogP contribution in [0.3, 0.4) is 0 Å². The highest BCUT2D eigenvalue weighted by molar-refractivity contribution is 14.1. The number of carbonyl (C=O) groups is 1. The number of aliphatic hydroxyl groups excluding tert-OH is 2. The van der Waals surface area contributed by atoms with E-state index in [1.807, 2.05) is 22.6 Å². The van der Waals surface area contributed by atoms with Crippen molar-refractivity contribution in [1.82, 2.24) is 4.57 Å². The van der Waals surface area contributed by atoms with Crippen LogP contribution in [-0.4, -0.2) is 46.1 Å². The van der Waals surface area contributed by atoms with Crippen molar-refractivity contribution in [2.45, 2.75) is 5.54 Å². The van der Waals surface area contributed by atoms with Gasteiger partial charge in [0.15, 0.2) is 0 Å². The number of aliphatic hydroxyl groups is 2. The molecule has 0 amide bonds. The smallest absolute Gasteiger partial charge is 0.341 e. The summed E-state index contributed by atoms with van der Waals surface area (Å²) in [4.78, 5) is 24.4. The minimum atomic E-state index is -1.49. The average molecular weight is 491 g/mol. The van der Waals surface area contributed by atoms with Crippen LogP contribution in [0.4, 0.5) is 15.8 Å². The Hall–Kier alpha value is -2.02. The Labute approximate surface area is 167 Å². The van der Waals surface area contributed by atoms with E-state index in [1.165, 1.54) is 29.9 Å². The minimum Gasteiger partial charge on any atom is -0.460 e. The van der Waals surface area contributed by atoms with E-state index in [9.17, 15) is 24.2 Å². The monoisotopic (exact) mass is 491 g/mol. The van der Waals surface area contributed by atoms with Crippen molar-refractivity contribution in [2.75, 3.05) is 25.1 Å². The summed E-state index contributed by atoms with van der Waals surface area (Å²) in [7, 11) is 1.45. The number of nitrogens with one attached hydrogen (secondary N) is 1. The molecule has 5 N–H and O–H groups in total. The topological polar surface area (TPSA) is 127 Å². The number of carbonyl (C=O) groups excluding carboxylic acids is 1. The fraction of sp³-hybridized carbons (Fsp3) is 0.294. The Kier molecular flexibility index (Phi) is 6.92. The molecule has 0 radical (unpaired) electrons. The number of anilines is 2. The number of aromatic nitrogens is 1. The van der Waals surface area contributed by atoms with Gasteiger partial charge < -0.3 is 30.6 Å². The molecule has 146 valence electrons. The lowest BCUT2D eigenvalue weighted by Crippen LogP contribution is -2.51. The number of halogens is 2. The predicted molar refractivity (Wildman–Crippen MR) is 105 cm³/mol. The Morgan fingerprint density at radius 1 is 1.33 bits per heavy atom. The maximum Gasteiger partial charge on any atom is 0.341 e. The SMILES string of the molecule is Cn1cc(C(=O)OCC(N)(CO)CO)c(Nc2ccc(I)cc2F)cc1=O. The van der Waals surface area contributed by atoms with Crippen LogP contribution in [0.15, 0.2) is 35.3 Å². The summed E-state index contributed by atoms with van der Waals surface area (Å²) in [5.41, 5.74) is 3.86. The summed E-state index contributed by atoms with van der Waals surface area (Å²) < 4.78 is 21.0. The molecule has 0 spiro atoms. The van der Waals surface area contributed by atoms with E-state index in [4.69, 9.17) is 10.5 Å². The minimum absolute atomic E-state index is 0.0340. The number of benzene rings is 1. The van der Waals surface area contributed by atoms with Gasteiger partial charge in [0.1, 0.15) is 12.4 Å². The zero-order valence-electron chi connectivity index (χ0n) is 14.4. The van der Waals surface area contributed by atoms with Gasteiger partial charge in [-0.15, -0.1) is 0 Å². The van der Waals surface area contributed by atoms with E-state index in [2.05, 4.69) is 5.32 Å². The van der Waals surface area contributed by atoms with Crippen LogP contribution < -0.4 is 16.6 Å². The number of esters is 1. The third-order valence-electron chi connectivity index (χ3n) is 3.77. The molecule has 0 unspecified atom stereocenters. The number of hydrogen-bond acceptors (Lipinski definition) is 7. The third kappa shape index (κ3) is 5.25. The van der Waals surface area contributed by atoms with Crippen molar-refractivity contribution in [1.29, 1.82) is 0 Å². The van der Waals surface area contributed by atoms with Crippen LogP contribution in [0.1, 0.15) is 10.4 Å². The first-order valence-electron chi connectivity index (χ1n) is 7.79. The molecule has 0 saturated carbocycles. The zero-order valence-corrected chi connectivity index (χ0v) is 16.6. The highest BCUT2D eigenvalue weighted by Crippen LogP contribution is 2.24. The number of rotatable bonds is 7. The van der Waals surface area contributed by atoms with Gasteiger partial charge in [-0.25, -0.2) is 9.18 Å². The first kappa shape index (κ1) is 21.3. The van der Waals surface area contributed by atoms with Crippen LogP contribution in [0, 0.1) is 9.39 Å². The summed E-state index contributed by atoms with van der Waals surface area (Å²) in [5, 5.41) is 21.1. The maximum absolute atomic E-state index is 14.1. The molecule has 0 bridgehead atoms. The quantitative estimate of drug-likeness (QED) is 0.332. The van der Waals surface area contributed by atoms with E-state index in [0.717, 1.165) is 6.07 Å². The molecule has 27 heavy (non-hydrogen) atoms. The van der Waals surface area contributed by atoms with E-state index < -0.39 is 42.7 Å². The second kappa shape index (κ2) is 8.78. The Balaban J connectivity index is 2.34. The largest absolute Gasteiger partial charge is 0.460 e. The molecule has 0 aliphatic rings. The molecule has 2 rings (SSSR count). The van der Waals surface area contributed by atoms with Crippen LogP contribution in [0.2, 0.25) is 0 Å². The van der Waals surface area contributed by atoms with Crippen molar-refractivity contribution in [3.8, 4) is 0 Å². The second-order valence-corrected chi connectivity index (χ2v) is 7.30. The van der Waals surface area contributed by atoms with Gasteiger partial charge in [0.25, 0.3) is 5.56 Å². The van der Waals surface area contributed by atoms with Crippen molar-refractivity contribution in [3.63, 3.8) is 0 Å². The molecule has 0 fully saturated rings. The van der Waals surface area contributed by atoms with Crippen LogP contribution in [0.5, 0.6) is 0 Å². The van der Waals surface area contributed by atoms with Gasteiger partial charge in [0.2, 0.25) is 0 Å². The number of hydrogen-bond donors (Lipinski definition) is 4. The number of ether oxygens (including phenoxy) is 1. The standard InChI is InChI=1S/C17H19FIN3O5/c1-22-6-11(16(26)27-9-17(20,7-23)8-24)14(5-15(22)25)21-13-3-2-10(19)4-12(13)18/h2-6,21,23-24H,7-9,20H2,1H3. The van der Waals surface area contributed by atoms with Crippen LogP contribution >= 0.6 is 22.6 Å². The van der Waals surface area contributed by atoms with Gasteiger partial charge in [-0.05, 0) is 40.8 Å². The molecule has 8 nitrogen and oxygen atoms in total. The van der Waals surface area contributed by atoms with E-state index >= 15 is 0 Å². The van der Waals surface area contributed by atoms with Crippen molar-refractivity contribution < 1.29 is 24.1 Å². The third-order valence-corrected chi connectivity index (χ3v) is 4.44. The van der Waals surface area contributed by atoms with E-state index in [0.29, 0.717) is 3.57 Å². The number of nitrogens with two attached hydrogens (primary N) is 1. The van der Waals surface area contributed by atoms with Crippen molar-refractivity contribution in [2.24, 2.45) is 12.8 Å². The molecule has 1 aromatic heterocycles. The lowest BCUT2D eigenvalue weighted by Gasteiger charge is -2.24. The summed E-state index contributed by atoms with van der Waals surface area (Å²) in [6, 6.07) is 5.58. The van der Waals surface area contributed by atoms with Gasteiger partial charge in [-0.1, -0.05) is 0 Å². The molecular formula is C17H19FIN3O5. The molecule has 1 aromatic carbocycles. The highest BCUT2D eigenvalue weighted by atomic mass is 127. The lowest BCUT2D eigenvalue weighted by molar-refractivity contribution is 0.0210. The van der Waals surface area contributed by atoms with Crippen molar-refractivity contribution in [3.05, 3.63) is 55.8 Å². The average Bonchev–Trinajstić information content (AvgIpc) is 2.64. The van der Waals surface area contributed by atoms with Crippen LogP contribution in [-0.2, 0) is 11.8 Å². The molecule has 1 heterocycles. The molecule has 0 saturated heterocycles. The van der Waals surface area contributed by atoms with Gasteiger partial charge in [-0.2, -0.15) is 0 Å². The van der Waals surface area contributed by atoms with Gasteiger partial charge in [-0.3, -0.25) is 4.79 Å². The van der Waals surface area contributed by atoms with E-state index in [1.54, 1.807) is 6.07 Å². The lowest BCUT2D eigenvalue weighted by atomic mass is 10.1. The molecule has 0 aliphatic carbocycles. The zero-order chi connectivity index (χ0) is 20.2. The van der Waals surface area contributed by atoms with Gasteiger partial charge >= 0.3 is 5.97 Å². The fourth-order valence-electron chi connectivity index (χ4n) is 2.06. The van der Waals surface area contributed by atoms with Crippen molar-refractivity contribution >= 4 is 39.9 Å². The fourth-order valence-corrected chi connectivity index (χ4v) is 2.51. The number of pyridine rings is 1. The van der Waals surface area contributed by atoms with Gasteiger partial charge in [0, 0.05) is 22.9 Å². The van der Waals surface area contributed by atoms with Gasteiger partial charge in [0.05, 0.1) is 35.7 Å². The molecule has 0 aliphatic heterocycles. The molecule has 0 atom stereocenters. The highest BCUT2D eigenvalue weighted by Gasteiger charge is 2.26. The summed E-state index contributed by atoms with van der Waals surface area (Å²) in [5.74, 6) is -1.40. The Morgan fingerprint density at radius 2 is 2.00 bits per heavy atom. The second-order valence-electron chi connectivity index (χ2n) is 6.05. The number of nitrogens with zero attached hydrogens (tertiary/aromatic N) is 1. The predicted octanol–water partition coefficient (Wildman–Crippen LogP) is 0.712. The Morgan fingerprint density at radius 3 is 2.59 bits per heavy atom. The summed E-state index contributed by atoms with van der Waals surface area (Å²) >= 11 is 1.96. The Bertz CT molecular complexity index is 899. The van der Waals surface area contributed by atoms with E-state index in [-0.39, 0.29) is 16.9 Å². The normalized spacial score (nSPS) is 11.3. The first-order chi connectivity index (χ1) is 12.7.